The van der Waals surface area contributed by atoms with Crippen LogP contribution < -0.4 is 74.8 Å². The Kier molecular flexibility index (Phi) is 35.8. The molecule has 754 valence electrons. The van der Waals surface area contributed by atoms with Gasteiger partial charge in [-0.3, -0.25) is 67.1 Å². The Morgan fingerprint density at radius 2 is 0.732 bits per heavy atom. The molecule has 33 nitrogen and oxygen atoms in total. The van der Waals surface area contributed by atoms with Crippen LogP contribution in [0.25, 0.3) is 33.2 Å². The lowest BCUT2D eigenvalue weighted by molar-refractivity contribution is -0.142. The number of ether oxygens (including phenoxy) is 2. The third-order valence-corrected chi connectivity index (χ3v) is 38.7. The monoisotopic (exact) mass is 2010 g/mol. The topological polar surface area (TPSA) is 472 Å². The van der Waals surface area contributed by atoms with E-state index in [9.17, 15) is 38.4 Å². The van der Waals surface area contributed by atoms with Gasteiger partial charge in [0.1, 0.15) is 90.8 Å². The van der Waals surface area contributed by atoms with E-state index < -0.39 is 216 Å². The number of nitrogens with zero attached hydrogens (tertiary/aromatic N) is 2. The predicted octanol–water partition coefficient (Wildman–Crippen LogP) is 9.10. The maximum atomic E-state index is 17.2. The van der Waals surface area contributed by atoms with Crippen LogP contribution in [0.4, 0.5) is 9.59 Å². The Morgan fingerprint density at radius 3 is 1.13 bits per heavy atom. The third kappa shape index (κ3) is 25.5. The normalized spacial score (nSPS) is 16.2. The summed E-state index contributed by atoms with van der Waals surface area (Å²) in [5, 5.41) is 30.5. The molecule has 0 bridgehead atoms. The van der Waals surface area contributed by atoms with Gasteiger partial charge in [0, 0.05) is 60.6 Å². The van der Waals surface area contributed by atoms with E-state index in [0.29, 0.717) is 57.7 Å². The van der Waals surface area contributed by atoms with Gasteiger partial charge >= 0.3 is 12.2 Å². The number of carbonyl (C=O) groups is 16. The van der Waals surface area contributed by atoms with Crippen molar-refractivity contribution in [3.63, 3.8) is 0 Å². The van der Waals surface area contributed by atoms with Gasteiger partial charge in [-0.05, 0) is 193 Å². The van der Waals surface area contributed by atoms with Gasteiger partial charge in [-0.1, -0.05) is 238 Å². The minimum atomic E-state index is -3.50. The minimum Gasteiger partial charge on any atom is -0.448 e. The zero-order chi connectivity index (χ0) is 103. The zero-order valence-electron chi connectivity index (χ0n) is 82.2. The van der Waals surface area contributed by atoms with Crippen molar-refractivity contribution in [3.05, 3.63) is 216 Å². The van der Waals surface area contributed by atoms with Gasteiger partial charge in [-0.25, -0.2) is 19.4 Å². The highest BCUT2D eigenvalue weighted by Crippen LogP contribution is 2.64. The summed E-state index contributed by atoms with van der Waals surface area (Å²) in [6, 6.07) is 31.1. The molecule has 0 radical (unpaired) electrons. The number of aromatic amines is 1. The standard InChI is InChI=1S/C105H129N15O18P2S2/c1-60(89(106)122)114-100(133)104(10,11)117-95(128)66(7)111-92(125)63(4)113-97(130)88(59-140(142,72-40-22-16-23-41-72)73-42-24-17-25-43-73)120(103(136)138-57-84-81-51-32-28-47-77(81)78-48-29-33-52-82(78)84)99(132)86(54-69-55-107-85-53-35-34-44-74(69)85)116-93(126)64(5)109-91(124)62(3)112-96(129)87(58-139(141,70-36-18-14-19-37-70)71-38-20-15-21-39-71)119(102(135)137-56-83-79-49-30-26-45-75(79)76-46-27-31-50-80(76)83)98(131)67(8)115-101(134)105(12,13)118-94(127)65(6)110-90(123)61(2)108-68(9)121/h14-15,18-21,26-39,44-53,55,60-67,72-73,83-84,86-88,107H,16-17,22-25,40-43,54,56-59H2,1-13H3,(H2,106,122)(H,108,121)(H,109,124)(H,110,123)(H,111,125)(H,112,129)(H,113,130)(H,114,133)(H,115,134)(H,116,126)(H,117,128)(H,118,127)/t60-,61-,62-,63-,64-,65-,66-,67-,86-,87+,88-/m0/s1. The van der Waals surface area contributed by atoms with Gasteiger partial charge in [-0.15, -0.1) is 0 Å². The summed E-state index contributed by atoms with van der Waals surface area (Å²) >= 11 is 14.0. The van der Waals surface area contributed by atoms with Crippen molar-refractivity contribution in [2.45, 2.75) is 261 Å². The Morgan fingerprint density at radius 1 is 0.394 bits per heavy atom. The average molecular weight is 2020 g/mol. The Bertz CT molecular complexity index is 6030. The molecule has 2 saturated carbocycles. The maximum Gasteiger partial charge on any atom is 0.417 e. The second-order valence-corrected chi connectivity index (χ2v) is 48.8. The lowest BCUT2D eigenvalue weighted by atomic mass is 9.98. The van der Waals surface area contributed by atoms with Gasteiger partial charge in [0.2, 0.25) is 70.9 Å². The number of aromatic nitrogens is 1. The van der Waals surface area contributed by atoms with E-state index in [1.807, 2.05) is 97.1 Å². The first-order valence-electron chi connectivity index (χ1n) is 48.3. The number of amides is 16. The smallest absolute Gasteiger partial charge is 0.417 e. The van der Waals surface area contributed by atoms with Gasteiger partial charge < -0.3 is 78.7 Å². The summed E-state index contributed by atoms with van der Waals surface area (Å²) in [4.78, 5) is 241. The molecular formula is C105H129N15O18P2S2. The third-order valence-electron chi connectivity index (χ3n) is 27.2. The fourth-order valence-electron chi connectivity index (χ4n) is 19.0. The lowest BCUT2D eigenvalue weighted by Gasteiger charge is -2.44. The summed E-state index contributed by atoms with van der Waals surface area (Å²) in [5.41, 5.74) is 9.35. The van der Waals surface area contributed by atoms with E-state index in [4.69, 9.17) is 38.8 Å². The molecule has 8 aromatic rings. The molecule has 0 unspecified atom stereocenters. The van der Waals surface area contributed by atoms with Crippen molar-refractivity contribution in [2.75, 3.05) is 25.5 Å². The Labute approximate surface area is 837 Å². The van der Waals surface area contributed by atoms with E-state index in [0.717, 1.165) is 87.9 Å². The summed E-state index contributed by atoms with van der Waals surface area (Å²) in [5.74, 6) is -14.2. The highest BCUT2D eigenvalue weighted by Gasteiger charge is 2.50. The van der Waals surface area contributed by atoms with Crippen LogP contribution in [0.15, 0.2) is 188 Å². The molecule has 14 N–H and O–H groups in total. The molecule has 16 amide bonds. The molecule has 0 aliphatic heterocycles. The van der Waals surface area contributed by atoms with Crippen LogP contribution >= 0.6 is 12.1 Å². The highest BCUT2D eigenvalue weighted by molar-refractivity contribution is 8.22. The molecule has 12 rings (SSSR count). The molecule has 1 heterocycles. The molecule has 1 aromatic heterocycles. The SMILES string of the molecule is CC(=O)N[C@@H](C)C(=O)N[C@@H](C)C(=O)NC(C)(C)C(=O)N[C@@H](C)C(=O)N(C(=O)OCC1c2ccccc2-c2ccccc21)[C@H](CP(=S)(c1ccccc1)c1ccccc1)C(=O)N[C@@H](C)C(=O)N[C@@H](C)C(=O)N[C@@H](Cc1c[nH]c2ccccc12)C(=O)N(C(=O)OCC1c2ccccc2-c2ccccc21)[C@@H](CP(=S)(C1CCCCC1)C1CCCCC1)C(=O)N[C@@H](C)C(=O)N[C@@H](C)C(=O)NC(C)(C)C(=O)N[C@@H](C)C(N)=O. The molecule has 142 heavy (non-hydrogen) atoms. The van der Waals surface area contributed by atoms with Gasteiger partial charge in [0.05, 0.1) is 0 Å². The summed E-state index contributed by atoms with van der Waals surface area (Å²) < 4.78 is 12.9. The first-order chi connectivity index (χ1) is 67.4. The van der Waals surface area contributed by atoms with E-state index in [2.05, 4.69) is 63.5 Å². The number of nitrogens with one attached hydrogen (secondary N) is 12. The molecule has 4 aliphatic rings. The van der Waals surface area contributed by atoms with Crippen molar-refractivity contribution in [1.82, 2.24) is 73.3 Å². The summed E-state index contributed by atoms with van der Waals surface area (Å²) in [6.07, 6.45) is 5.74. The van der Waals surface area contributed by atoms with Crippen molar-refractivity contribution in [3.8, 4) is 22.3 Å². The Hall–Kier alpha value is -13.1. The Balaban J connectivity index is 0.896. The predicted molar refractivity (Wildman–Crippen MR) is 550 cm³/mol. The van der Waals surface area contributed by atoms with E-state index in [-0.39, 0.29) is 24.1 Å². The van der Waals surface area contributed by atoms with Crippen LogP contribution in [-0.2, 0) is 107 Å². The molecule has 0 saturated heterocycles. The fourth-order valence-corrected chi connectivity index (χ4v) is 29.3. The molecule has 7 aromatic carbocycles. The van der Waals surface area contributed by atoms with Crippen molar-refractivity contribution in [1.29, 1.82) is 0 Å². The van der Waals surface area contributed by atoms with Crippen LogP contribution in [0.5, 0.6) is 0 Å². The van der Waals surface area contributed by atoms with E-state index >= 15 is 38.4 Å². The minimum absolute atomic E-state index is 0.120. The molecule has 11 atom stereocenters. The fraction of sp³-hybridized carbons (Fsp3) is 0.429. The van der Waals surface area contributed by atoms with Crippen LogP contribution in [0.1, 0.15) is 194 Å². The summed E-state index contributed by atoms with van der Waals surface area (Å²) in [7, 11) is 0. The number of nitrogens with two attached hydrogens (primary N) is 1. The second kappa shape index (κ2) is 47.2. The number of fused-ring (bicyclic) bond motifs is 7. The number of imide groups is 2. The first kappa shape index (κ1) is 108. The quantitative estimate of drug-likeness (QED) is 0.0159. The number of benzene rings is 7. The number of rotatable bonds is 40. The maximum absolute atomic E-state index is 17.2. The number of hydrogen-bond acceptors (Lipinski definition) is 20. The molecular weight excluding hydrogens is 1890 g/mol. The molecule has 0 spiro atoms. The van der Waals surface area contributed by atoms with Crippen LogP contribution in [-0.4, -0.2) is 224 Å². The van der Waals surface area contributed by atoms with Crippen LogP contribution in [0.2, 0.25) is 0 Å². The zero-order valence-corrected chi connectivity index (χ0v) is 85.6. The van der Waals surface area contributed by atoms with Crippen LogP contribution in [0.3, 0.4) is 0 Å². The van der Waals surface area contributed by atoms with Crippen molar-refractivity contribution in [2.24, 2.45) is 5.73 Å². The number of para-hydroxylation sites is 1. The molecule has 37 heteroatoms. The number of H-pyrrole nitrogens is 1. The van der Waals surface area contributed by atoms with Crippen molar-refractivity contribution >= 4 is 152 Å². The summed E-state index contributed by atoms with van der Waals surface area (Å²) in [6.45, 7) is 16.5. The second-order valence-electron chi connectivity index (χ2n) is 38.5. The number of carbonyl (C=O) groups excluding carboxylic acids is 16. The average Bonchev–Trinajstić information content (AvgIpc) is 1.47. The van der Waals surface area contributed by atoms with Gasteiger partial charge in [-0.2, -0.15) is 0 Å². The molecule has 2 fully saturated rings. The first-order valence-corrected chi connectivity index (χ1v) is 54.4. The largest absolute Gasteiger partial charge is 0.448 e. The lowest BCUT2D eigenvalue weighted by Crippen LogP contribution is -2.64. The molecule has 4 aliphatic carbocycles. The highest BCUT2D eigenvalue weighted by atomic mass is 32.4. The van der Waals surface area contributed by atoms with E-state index in [1.54, 1.807) is 91.1 Å². The van der Waals surface area contributed by atoms with Gasteiger partial charge in [0.15, 0.2) is 0 Å². The van der Waals surface area contributed by atoms with E-state index in [1.165, 1.54) is 90.0 Å². The van der Waals surface area contributed by atoms with Crippen LogP contribution in [0, 0.1) is 0 Å². The number of primary amides is 1. The number of hydrogen-bond donors (Lipinski definition) is 13. The van der Waals surface area contributed by atoms with Gasteiger partial charge in [0.25, 0.3) is 11.8 Å². The van der Waals surface area contributed by atoms with Crippen molar-refractivity contribution < 1.29 is 86.2 Å².